The fourth-order valence-corrected chi connectivity index (χ4v) is 3.70. The first-order valence-electron chi connectivity index (χ1n) is 8.87. The Kier molecular flexibility index (Phi) is 5.41. The van der Waals surface area contributed by atoms with Crippen molar-refractivity contribution in [2.75, 3.05) is 7.11 Å². The van der Waals surface area contributed by atoms with Crippen LogP contribution in [0.4, 0.5) is 0 Å². The van der Waals surface area contributed by atoms with Crippen molar-refractivity contribution < 1.29 is 24.2 Å². The number of aliphatic carboxylic acids is 1. The average molecular weight is 344 g/mol. The van der Waals surface area contributed by atoms with Crippen LogP contribution in [0.15, 0.2) is 30.4 Å². The Labute approximate surface area is 147 Å². The number of methoxy groups -OCH3 is 1. The van der Waals surface area contributed by atoms with Gasteiger partial charge in [-0.2, -0.15) is 0 Å². The number of benzene rings is 1. The van der Waals surface area contributed by atoms with Gasteiger partial charge >= 0.3 is 5.97 Å². The second-order valence-corrected chi connectivity index (χ2v) is 6.75. The Hall–Kier alpha value is -2.30. The van der Waals surface area contributed by atoms with Crippen LogP contribution in [0.5, 0.6) is 11.5 Å². The van der Waals surface area contributed by atoms with Crippen LogP contribution in [0.1, 0.15) is 48.9 Å². The maximum absolute atomic E-state index is 12.9. The minimum absolute atomic E-state index is 0.143. The molecule has 0 aromatic heterocycles. The molecule has 0 aliphatic heterocycles. The smallest absolute Gasteiger partial charge is 0.307 e. The highest BCUT2D eigenvalue weighted by atomic mass is 16.5. The highest BCUT2D eigenvalue weighted by Gasteiger charge is 2.34. The van der Waals surface area contributed by atoms with Gasteiger partial charge < -0.3 is 14.6 Å². The SMILES string of the molecule is COc1ccc(C(=O)[C@H]2CC=CC[C@H]2C(=O)O)cc1OC1CCCC1. The monoisotopic (exact) mass is 344 g/mol. The molecule has 0 spiro atoms. The van der Waals surface area contributed by atoms with Crippen LogP contribution in [0, 0.1) is 11.8 Å². The summed E-state index contributed by atoms with van der Waals surface area (Å²) in [5.74, 6) is -1.09. The highest BCUT2D eigenvalue weighted by molar-refractivity contribution is 6.00. The van der Waals surface area contributed by atoms with E-state index in [0.29, 0.717) is 29.9 Å². The van der Waals surface area contributed by atoms with Gasteiger partial charge in [-0.15, -0.1) is 0 Å². The molecule has 1 fully saturated rings. The van der Waals surface area contributed by atoms with Crippen molar-refractivity contribution >= 4 is 11.8 Å². The highest BCUT2D eigenvalue weighted by Crippen LogP contribution is 2.35. The summed E-state index contributed by atoms with van der Waals surface area (Å²) in [6.07, 6.45) is 9.07. The molecule has 1 N–H and O–H groups in total. The predicted octanol–water partition coefficient (Wildman–Crippen LogP) is 3.87. The van der Waals surface area contributed by atoms with Crippen LogP contribution in [-0.2, 0) is 4.79 Å². The Morgan fingerprint density at radius 3 is 2.36 bits per heavy atom. The maximum atomic E-state index is 12.9. The van der Waals surface area contributed by atoms with Crippen LogP contribution in [0.25, 0.3) is 0 Å². The minimum Gasteiger partial charge on any atom is -0.493 e. The molecule has 1 aromatic carbocycles. The quantitative estimate of drug-likeness (QED) is 0.626. The van der Waals surface area contributed by atoms with E-state index in [1.54, 1.807) is 25.3 Å². The summed E-state index contributed by atoms with van der Waals surface area (Å²) in [5.41, 5.74) is 0.486. The van der Waals surface area contributed by atoms with Crippen molar-refractivity contribution in [3.8, 4) is 11.5 Å². The second-order valence-electron chi connectivity index (χ2n) is 6.75. The van der Waals surface area contributed by atoms with Crippen LogP contribution >= 0.6 is 0 Å². The van der Waals surface area contributed by atoms with Crippen molar-refractivity contribution in [3.05, 3.63) is 35.9 Å². The predicted molar refractivity (Wildman–Crippen MR) is 93.2 cm³/mol. The van der Waals surface area contributed by atoms with Crippen molar-refractivity contribution in [2.24, 2.45) is 11.8 Å². The van der Waals surface area contributed by atoms with E-state index in [0.717, 1.165) is 25.7 Å². The number of allylic oxidation sites excluding steroid dienone is 2. The fourth-order valence-electron chi connectivity index (χ4n) is 3.70. The van der Waals surface area contributed by atoms with E-state index in [9.17, 15) is 14.7 Å². The summed E-state index contributed by atoms with van der Waals surface area (Å²) in [7, 11) is 1.57. The molecule has 2 atom stereocenters. The number of hydrogen-bond acceptors (Lipinski definition) is 4. The topological polar surface area (TPSA) is 72.8 Å². The van der Waals surface area contributed by atoms with E-state index in [1.807, 2.05) is 12.2 Å². The lowest BCUT2D eigenvalue weighted by atomic mass is 9.78. The number of ketones is 1. The Morgan fingerprint density at radius 2 is 1.72 bits per heavy atom. The van der Waals surface area contributed by atoms with Crippen LogP contribution in [0.3, 0.4) is 0 Å². The van der Waals surface area contributed by atoms with Crippen molar-refractivity contribution in [2.45, 2.75) is 44.6 Å². The first-order chi connectivity index (χ1) is 12.1. The number of hydrogen-bond donors (Lipinski definition) is 1. The number of rotatable bonds is 6. The third-order valence-corrected chi connectivity index (χ3v) is 5.13. The summed E-state index contributed by atoms with van der Waals surface area (Å²) < 4.78 is 11.4. The summed E-state index contributed by atoms with van der Waals surface area (Å²) in [4.78, 5) is 24.4. The van der Waals surface area contributed by atoms with Crippen molar-refractivity contribution in [1.29, 1.82) is 0 Å². The van der Waals surface area contributed by atoms with Crippen molar-refractivity contribution in [3.63, 3.8) is 0 Å². The van der Waals surface area contributed by atoms with Gasteiger partial charge in [-0.25, -0.2) is 0 Å². The maximum Gasteiger partial charge on any atom is 0.307 e. The van der Waals surface area contributed by atoms with Gasteiger partial charge in [0.2, 0.25) is 0 Å². The van der Waals surface area contributed by atoms with E-state index in [2.05, 4.69) is 0 Å². The Balaban J connectivity index is 1.84. The Bertz CT molecular complexity index is 673. The number of Topliss-reactive ketones (excluding diaryl/α,β-unsaturated/α-hetero) is 1. The first kappa shape index (κ1) is 17.5. The molecule has 2 aliphatic rings. The van der Waals surface area contributed by atoms with E-state index in [1.165, 1.54) is 0 Å². The molecule has 0 radical (unpaired) electrons. The number of carbonyl (C=O) groups excluding carboxylic acids is 1. The number of carboxylic acids is 1. The van der Waals surface area contributed by atoms with E-state index >= 15 is 0 Å². The van der Waals surface area contributed by atoms with Crippen LogP contribution in [0.2, 0.25) is 0 Å². The number of carbonyl (C=O) groups is 2. The average Bonchev–Trinajstić information content (AvgIpc) is 3.14. The van der Waals surface area contributed by atoms with E-state index in [-0.39, 0.29) is 11.9 Å². The zero-order chi connectivity index (χ0) is 17.8. The van der Waals surface area contributed by atoms with Gasteiger partial charge in [-0.1, -0.05) is 12.2 Å². The molecule has 0 amide bonds. The zero-order valence-electron chi connectivity index (χ0n) is 14.4. The normalized spacial score (nSPS) is 23.4. The summed E-state index contributed by atoms with van der Waals surface area (Å²) >= 11 is 0. The lowest BCUT2D eigenvalue weighted by Crippen LogP contribution is -2.31. The molecule has 5 heteroatoms. The summed E-state index contributed by atoms with van der Waals surface area (Å²) in [5, 5.41) is 9.40. The number of ether oxygens (including phenoxy) is 2. The molecule has 2 aliphatic carbocycles. The standard InChI is InChI=1S/C20H24O5/c1-24-17-11-10-13(12-18(17)25-14-6-2-3-7-14)19(21)15-8-4-5-9-16(15)20(22)23/h4-5,10-12,14-16H,2-3,6-9H2,1H3,(H,22,23)/t15-,16+/m0/s1. The molecule has 134 valence electrons. The molecule has 1 aromatic rings. The van der Waals surface area contributed by atoms with Gasteiger partial charge in [0.15, 0.2) is 17.3 Å². The van der Waals surface area contributed by atoms with E-state index < -0.39 is 17.8 Å². The molecule has 0 unspecified atom stereocenters. The molecule has 3 rings (SSSR count). The zero-order valence-corrected chi connectivity index (χ0v) is 14.4. The molecule has 0 saturated heterocycles. The summed E-state index contributed by atoms with van der Waals surface area (Å²) in [6.45, 7) is 0. The van der Waals surface area contributed by atoms with Gasteiger partial charge in [0.05, 0.1) is 19.1 Å². The molecular formula is C20H24O5. The second kappa shape index (κ2) is 7.72. The van der Waals surface area contributed by atoms with Crippen LogP contribution in [-0.4, -0.2) is 30.1 Å². The van der Waals surface area contributed by atoms with Gasteiger partial charge in [0.1, 0.15) is 0 Å². The molecule has 25 heavy (non-hydrogen) atoms. The fraction of sp³-hybridized carbons (Fsp3) is 0.500. The number of carboxylic acid groups (broad SMARTS) is 1. The molecule has 5 nitrogen and oxygen atoms in total. The molecule has 1 saturated carbocycles. The summed E-state index contributed by atoms with van der Waals surface area (Å²) in [6, 6.07) is 5.13. The lowest BCUT2D eigenvalue weighted by molar-refractivity contribution is -0.143. The first-order valence-corrected chi connectivity index (χ1v) is 8.87. The minimum atomic E-state index is -0.918. The third-order valence-electron chi connectivity index (χ3n) is 5.13. The third kappa shape index (κ3) is 3.86. The van der Waals surface area contributed by atoms with E-state index in [4.69, 9.17) is 9.47 Å². The van der Waals surface area contributed by atoms with Crippen LogP contribution < -0.4 is 9.47 Å². The van der Waals surface area contributed by atoms with Crippen molar-refractivity contribution in [1.82, 2.24) is 0 Å². The van der Waals surface area contributed by atoms with Gasteiger partial charge in [-0.05, 0) is 56.7 Å². The molecular weight excluding hydrogens is 320 g/mol. The molecule has 0 heterocycles. The Morgan fingerprint density at radius 1 is 1.04 bits per heavy atom. The lowest BCUT2D eigenvalue weighted by Gasteiger charge is -2.24. The molecule has 0 bridgehead atoms. The van der Waals surface area contributed by atoms with Gasteiger partial charge in [0, 0.05) is 11.5 Å². The van der Waals surface area contributed by atoms with Gasteiger partial charge in [-0.3, -0.25) is 9.59 Å². The largest absolute Gasteiger partial charge is 0.493 e. The van der Waals surface area contributed by atoms with Gasteiger partial charge in [0.25, 0.3) is 0 Å².